The van der Waals surface area contributed by atoms with E-state index in [0.717, 1.165) is 82.7 Å². The van der Waals surface area contributed by atoms with E-state index < -0.39 is 10.0 Å². The zero-order valence-corrected chi connectivity index (χ0v) is 28.3. The summed E-state index contributed by atoms with van der Waals surface area (Å²) < 4.78 is 41.5. The molecule has 1 aliphatic carbocycles. The molecule has 1 saturated heterocycles. The van der Waals surface area contributed by atoms with Crippen molar-refractivity contribution in [2.24, 2.45) is 0 Å². The topological polar surface area (TPSA) is 42.3 Å². The van der Waals surface area contributed by atoms with Gasteiger partial charge >= 0.3 is 0 Å². The Morgan fingerprint density at radius 1 is 0.872 bits per heavy atom. The number of benzene rings is 4. The maximum absolute atomic E-state index is 13.8. The molecule has 5 aromatic rings. The summed E-state index contributed by atoms with van der Waals surface area (Å²) in [6, 6.07) is 27.9. The minimum atomic E-state index is -3.76. The van der Waals surface area contributed by atoms with Gasteiger partial charge in [-0.3, -0.25) is 9.29 Å². The second kappa shape index (κ2) is 12.9. The Balaban J connectivity index is 1.34. The van der Waals surface area contributed by atoms with E-state index in [1.165, 1.54) is 26.3 Å². The largest absolute Gasteiger partial charge is 0.295 e. The molecule has 47 heavy (non-hydrogen) atoms. The van der Waals surface area contributed by atoms with Crippen molar-refractivity contribution in [2.75, 3.05) is 26.3 Å². The van der Waals surface area contributed by atoms with Crippen LogP contribution in [0, 0.1) is 13.8 Å². The van der Waals surface area contributed by atoms with Crippen LogP contribution in [0.1, 0.15) is 58.2 Å². The van der Waals surface area contributed by atoms with Crippen LogP contribution in [0.25, 0.3) is 28.1 Å². The second-order valence-electron chi connectivity index (χ2n) is 12.8. The van der Waals surface area contributed by atoms with E-state index in [0.29, 0.717) is 11.9 Å². The number of alkyl halides is 1. The van der Waals surface area contributed by atoms with E-state index in [1.54, 1.807) is 18.3 Å². The lowest BCUT2D eigenvalue weighted by molar-refractivity contribution is 0.239. The number of hydrogen-bond donors (Lipinski definition) is 0. The van der Waals surface area contributed by atoms with Gasteiger partial charge in [-0.2, -0.15) is 0 Å². The minimum Gasteiger partial charge on any atom is -0.295 e. The standard InChI is InChI=1S/C40H38ClFN2O2S/c1-27-10-16-32(17-11-27)47(45,46)44-23-20-35-34-7-3-8-36(33-6-4-9-38(41)28(33)2)40(37(34)18-19-39(35)44)31-14-12-29(13-15-31)24-30-25-43(26-30)22-5-21-42/h4,6,9-20,23-24H,3,5,7-8,21-22,25-26H2,1-2H3. The van der Waals surface area contributed by atoms with Gasteiger partial charge in [-0.25, -0.2) is 12.4 Å². The summed E-state index contributed by atoms with van der Waals surface area (Å²) in [7, 11) is -3.76. The van der Waals surface area contributed by atoms with Gasteiger partial charge in [0.25, 0.3) is 10.0 Å². The molecule has 1 aromatic heterocycles. The predicted octanol–water partition coefficient (Wildman–Crippen LogP) is 9.50. The van der Waals surface area contributed by atoms with Gasteiger partial charge < -0.3 is 0 Å². The Labute approximate surface area is 281 Å². The Kier molecular flexibility index (Phi) is 8.69. The van der Waals surface area contributed by atoms with Crippen LogP contribution in [0.4, 0.5) is 4.39 Å². The van der Waals surface area contributed by atoms with Crippen LogP contribution in [-0.4, -0.2) is 43.6 Å². The lowest BCUT2D eigenvalue weighted by Gasteiger charge is -2.33. The number of rotatable bonds is 8. The number of aromatic nitrogens is 1. The average Bonchev–Trinajstić information content (AvgIpc) is 3.41. The van der Waals surface area contributed by atoms with Crippen molar-refractivity contribution in [3.63, 3.8) is 0 Å². The number of hydrogen-bond acceptors (Lipinski definition) is 3. The summed E-state index contributed by atoms with van der Waals surface area (Å²) in [6.45, 7) is 6.36. The van der Waals surface area contributed by atoms with Crippen molar-refractivity contribution < 1.29 is 12.8 Å². The smallest absolute Gasteiger partial charge is 0.268 e. The molecule has 7 heteroatoms. The van der Waals surface area contributed by atoms with Crippen molar-refractivity contribution >= 4 is 49.7 Å². The molecule has 2 aliphatic rings. The van der Waals surface area contributed by atoms with Crippen LogP contribution in [0.5, 0.6) is 0 Å². The Morgan fingerprint density at radius 2 is 1.64 bits per heavy atom. The molecule has 0 saturated carbocycles. The third-order valence-electron chi connectivity index (χ3n) is 9.57. The number of likely N-dealkylation sites (tertiary alicyclic amines) is 1. The summed E-state index contributed by atoms with van der Waals surface area (Å²) in [5.41, 5.74) is 12.3. The van der Waals surface area contributed by atoms with E-state index in [9.17, 15) is 12.8 Å². The van der Waals surface area contributed by atoms with Crippen molar-refractivity contribution in [3.05, 3.63) is 141 Å². The van der Waals surface area contributed by atoms with E-state index in [2.05, 4.69) is 54.3 Å². The molecule has 0 spiro atoms. The average molecular weight is 665 g/mol. The Bertz CT molecular complexity index is 2140. The summed E-state index contributed by atoms with van der Waals surface area (Å²) in [5, 5.41) is 1.71. The lowest BCUT2D eigenvalue weighted by atomic mass is 9.85. The van der Waals surface area contributed by atoms with Gasteiger partial charge in [0.05, 0.1) is 17.1 Å². The summed E-state index contributed by atoms with van der Waals surface area (Å²) >= 11 is 6.67. The van der Waals surface area contributed by atoms with Crippen LogP contribution in [0.3, 0.4) is 0 Å². The fraction of sp³-hybridized carbons (Fsp3) is 0.250. The molecule has 4 aromatic carbocycles. The zero-order valence-electron chi connectivity index (χ0n) is 26.8. The van der Waals surface area contributed by atoms with Crippen LogP contribution in [-0.2, 0) is 16.4 Å². The highest BCUT2D eigenvalue weighted by Crippen LogP contribution is 2.44. The molecule has 2 heterocycles. The van der Waals surface area contributed by atoms with Crippen molar-refractivity contribution in [1.82, 2.24) is 8.87 Å². The van der Waals surface area contributed by atoms with E-state index >= 15 is 0 Å². The van der Waals surface area contributed by atoms with Gasteiger partial charge in [0, 0.05) is 36.2 Å². The maximum Gasteiger partial charge on any atom is 0.268 e. The molecule has 0 N–H and O–H groups in total. The zero-order chi connectivity index (χ0) is 32.7. The highest BCUT2D eigenvalue weighted by Gasteiger charge is 2.26. The fourth-order valence-electron chi connectivity index (χ4n) is 7.10. The maximum atomic E-state index is 13.8. The first-order chi connectivity index (χ1) is 22.7. The van der Waals surface area contributed by atoms with Crippen LogP contribution in [0.15, 0.2) is 102 Å². The number of allylic oxidation sites excluding steroid dienone is 1. The SMILES string of the molecule is Cc1ccc(S(=O)(=O)n2ccc3c4c(ccc32)C(c2ccc(C=C3CN(CCCF)C3)cc2)=C(c2cccc(Cl)c2C)CCC4)cc1. The Morgan fingerprint density at radius 3 is 2.38 bits per heavy atom. The van der Waals surface area contributed by atoms with Crippen molar-refractivity contribution in [2.45, 2.75) is 44.4 Å². The van der Waals surface area contributed by atoms with Gasteiger partial charge in [0.15, 0.2) is 0 Å². The van der Waals surface area contributed by atoms with E-state index in [-0.39, 0.29) is 11.6 Å². The monoisotopic (exact) mass is 664 g/mol. The third-order valence-corrected chi connectivity index (χ3v) is 11.7. The lowest BCUT2D eigenvalue weighted by Crippen LogP contribution is -2.40. The summed E-state index contributed by atoms with van der Waals surface area (Å²) in [6.07, 6.45) is 7.15. The van der Waals surface area contributed by atoms with Crippen LogP contribution < -0.4 is 0 Å². The first-order valence-electron chi connectivity index (χ1n) is 16.3. The highest BCUT2D eigenvalue weighted by atomic mass is 35.5. The van der Waals surface area contributed by atoms with Crippen molar-refractivity contribution in [3.8, 4) is 0 Å². The molecule has 4 nitrogen and oxygen atoms in total. The van der Waals surface area contributed by atoms with Gasteiger partial charge in [-0.1, -0.05) is 77.8 Å². The molecule has 0 radical (unpaired) electrons. The second-order valence-corrected chi connectivity index (χ2v) is 15.0. The molecule has 0 atom stereocenters. The highest BCUT2D eigenvalue weighted by molar-refractivity contribution is 7.90. The molecule has 1 fully saturated rings. The normalized spacial score (nSPS) is 15.4. The first kappa shape index (κ1) is 31.6. The number of fused-ring (bicyclic) bond motifs is 3. The first-order valence-corrected chi connectivity index (χ1v) is 18.1. The minimum absolute atomic E-state index is 0.267. The summed E-state index contributed by atoms with van der Waals surface area (Å²) in [4.78, 5) is 2.55. The molecule has 1 aliphatic heterocycles. The summed E-state index contributed by atoms with van der Waals surface area (Å²) in [5.74, 6) is 0. The fourth-order valence-corrected chi connectivity index (χ4v) is 8.62. The van der Waals surface area contributed by atoms with Gasteiger partial charge in [-0.15, -0.1) is 0 Å². The third kappa shape index (κ3) is 5.99. The van der Waals surface area contributed by atoms with E-state index in [4.69, 9.17) is 11.6 Å². The molecule has 240 valence electrons. The number of nitrogens with zero attached hydrogens (tertiary/aromatic N) is 2. The molecule has 0 bridgehead atoms. The number of halogens is 2. The quantitative estimate of drug-likeness (QED) is 0.166. The van der Waals surface area contributed by atoms with Crippen LogP contribution in [0.2, 0.25) is 5.02 Å². The van der Waals surface area contributed by atoms with Gasteiger partial charge in [-0.05, 0) is 120 Å². The van der Waals surface area contributed by atoms with Crippen molar-refractivity contribution in [1.29, 1.82) is 0 Å². The van der Waals surface area contributed by atoms with Gasteiger partial charge in [0.2, 0.25) is 0 Å². The molecule has 0 unspecified atom stereocenters. The van der Waals surface area contributed by atoms with Crippen LogP contribution >= 0.6 is 11.6 Å². The molecule has 7 rings (SSSR count). The number of aryl methyl sites for hydroxylation is 2. The van der Waals surface area contributed by atoms with E-state index in [1.807, 2.05) is 43.3 Å². The molecule has 0 amide bonds. The van der Waals surface area contributed by atoms with Gasteiger partial charge in [0.1, 0.15) is 0 Å². The Hall–Kier alpha value is -3.97. The predicted molar refractivity (Wildman–Crippen MR) is 192 cm³/mol. The molecular weight excluding hydrogens is 627 g/mol. The molecular formula is C40H38ClFN2O2S.